The maximum atomic E-state index is 12.9. The molecule has 5 aliphatic rings. The molecule has 0 saturated heterocycles. The van der Waals surface area contributed by atoms with E-state index in [4.69, 9.17) is 14.6 Å². The third-order valence-corrected chi connectivity index (χ3v) is 14.2. The second-order valence-electron chi connectivity index (χ2n) is 15.9. The van der Waals surface area contributed by atoms with Crippen LogP contribution in [-0.4, -0.2) is 47.4 Å². The van der Waals surface area contributed by atoms with Crippen molar-refractivity contribution in [2.45, 2.75) is 112 Å². The van der Waals surface area contributed by atoms with E-state index >= 15 is 0 Å². The van der Waals surface area contributed by atoms with E-state index in [-0.39, 0.29) is 40.3 Å². The summed E-state index contributed by atoms with van der Waals surface area (Å²) in [5.74, 6) is -0.374. The zero-order valence-corrected chi connectivity index (χ0v) is 26.1. The number of carbonyl (C=O) groups excluding carboxylic acids is 1. The van der Waals surface area contributed by atoms with Crippen LogP contribution in [0.1, 0.15) is 106 Å². The molecular weight excluding hydrogens is 520 g/mol. The van der Waals surface area contributed by atoms with Crippen molar-refractivity contribution >= 4 is 17.9 Å². The minimum absolute atomic E-state index is 0.0838. The number of hydrogen-bond donors (Lipinski definition) is 2. The predicted octanol–water partition coefficient (Wildman–Crippen LogP) is 6.74. The van der Waals surface area contributed by atoms with Gasteiger partial charge in [0.1, 0.15) is 19.3 Å². The molecule has 0 unspecified atom stereocenters. The van der Waals surface area contributed by atoms with Crippen LogP contribution in [0.2, 0.25) is 0 Å². The number of carbonyl (C=O) groups is 3. The SMILES string of the molecule is C=C(C)[C@@H]1CC[C@]2(C(=O)O)CC[C@]3(C)[C@H](CC[C@@H]4[C@@]5(C)CC[C@H](OC(=O)COCC(=O)O)C(C)(C)[C@@H]5CC[C@]43C)[C@@H]12. The van der Waals surface area contributed by atoms with E-state index in [1.807, 2.05) is 0 Å². The number of fused-ring (bicyclic) bond motifs is 7. The lowest BCUT2D eigenvalue weighted by Gasteiger charge is -2.72. The van der Waals surface area contributed by atoms with Crippen molar-refractivity contribution in [1.29, 1.82) is 0 Å². The number of aliphatic carboxylic acids is 2. The minimum atomic E-state index is -1.10. The average Bonchev–Trinajstić information content (AvgIpc) is 3.27. The summed E-state index contributed by atoms with van der Waals surface area (Å²) in [6.07, 6.45) is 9.45. The van der Waals surface area contributed by atoms with Gasteiger partial charge in [-0.2, -0.15) is 0 Å². The molecule has 7 heteroatoms. The molecule has 0 radical (unpaired) electrons. The molecule has 0 bridgehead atoms. The number of ether oxygens (including phenoxy) is 2. The molecule has 2 N–H and O–H groups in total. The van der Waals surface area contributed by atoms with Crippen molar-refractivity contribution in [2.24, 2.45) is 56.7 Å². The van der Waals surface area contributed by atoms with Gasteiger partial charge in [0.05, 0.1) is 5.41 Å². The van der Waals surface area contributed by atoms with E-state index in [1.54, 1.807) is 0 Å². The molecule has 5 aliphatic carbocycles. The van der Waals surface area contributed by atoms with Gasteiger partial charge in [-0.25, -0.2) is 9.59 Å². The molecule has 0 aromatic rings. The summed E-state index contributed by atoms with van der Waals surface area (Å²) in [5, 5.41) is 19.4. The number of hydrogen-bond acceptors (Lipinski definition) is 5. The number of rotatable bonds is 7. The summed E-state index contributed by atoms with van der Waals surface area (Å²) in [5.41, 5.74) is 0.663. The van der Waals surface area contributed by atoms with Gasteiger partial charge in [-0.3, -0.25) is 4.79 Å². The Kier molecular flexibility index (Phi) is 7.52. The highest BCUT2D eigenvalue weighted by atomic mass is 16.6. The smallest absolute Gasteiger partial charge is 0.332 e. The van der Waals surface area contributed by atoms with Crippen LogP contribution >= 0.6 is 0 Å². The maximum absolute atomic E-state index is 12.9. The lowest BCUT2D eigenvalue weighted by molar-refractivity contribution is -0.250. The topological polar surface area (TPSA) is 110 Å². The average molecular weight is 573 g/mol. The fourth-order valence-electron chi connectivity index (χ4n) is 12.1. The predicted molar refractivity (Wildman–Crippen MR) is 155 cm³/mol. The first-order chi connectivity index (χ1) is 19.0. The van der Waals surface area contributed by atoms with Crippen LogP contribution in [0.4, 0.5) is 0 Å². The van der Waals surface area contributed by atoms with Crippen LogP contribution in [0.5, 0.6) is 0 Å². The molecule has 5 saturated carbocycles. The summed E-state index contributed by atoms with van der Waals surface area (Å²) >= 11 is 0. The zero-order valence-electron chi connectivity index (χ0n) is 26.1. The van der Waals surface area contributed by atoms with Crippen molar-refractivity contribution < 1.29 is 34.1 Å². The van der Waals surface area contributed by atoms with Crippen molar-refractivity contribution in [2.75, 3.05) is 13.2 Å². The van der Waals surface area contributed by atoms with Gasteiger partial charge >= 0.3 is 17.9 Å². The van der Waals surface area contributed by atoms with E-state index in [1.165, 1.54) is 0 Å². The van der Waals surface area contributed by atoms with E-state index in [0.29, 0.717) is 23.7 Å². The Morgan fingerprint density at radius 1 is 0.805 bits per heavy atom. The molecule has 0 heterocycles. The first-order valence-corrected chi connectivity index (χ1v) is 15.9. The summed E-state index contributed by atoms with van der Waals surface area (Å²) in [6, 6.07) is 0. The first kappa shape index (κ1) is 30.6. The molecule has 0 spiro atoms. The Bertz CT molecular complexity index is 1110. The minimum Gasteiger partial charge on any atom is -0.481 e. The highest BCUT2D eigenvalue weighted by Gasteiger charge is 2.72. The highest BCUT2D eigenvalue weighted by Crippen LogP contribution is 2.77. The van der Waals surface area contributed by atoms with Crippen LogP contribution in [0.15, 0.2) is 12.2 Å². The van der Waals surface area contributed by atoms with Crippen molar-refractivity contribution in [3.63, 3.8) is 0 Å². The molecule has 0 aromatic carbocycles. The summed E-state index contributed by atoms with van der Waals surface area (Å²) in [7, 11) is 0. The zero-order chi connectivity index (χ0) is 30.2. The number of carboxylic acid groups (broad SMARTS) is 2. The van der Waals surface area contributed by atoms with Crippen LogP contribution in [0.3, 0.4) is 0 Å². The number of esters is 1. The van der Waals surface area contributed by atoms with Gasteiger partial charge in [-0.15, -0.1) is 0 Å². The van der Waals surface area contributed by atoms with Crippen LogP contribution < -0.4 is 0 Å². The first-order valence-electron chi connectivity index (χ1n) is 15.9. The van der Waals surface area contributed by atoms with Crippen molar-refractivity contribution in [3.05, 3.63) is 12.2 Å². The standard InChI is InChI=1S/C34H52O7/c1-20(2)21-10-15-34(29(38)39)17-16-32(6)22(28(21)34)8-9-24-31(5)13-12-25(41-27(37)19-40-18-26(35)36)30(3,4)23(31)11-14-33(24,32)7/h21-25,28H,1,8-19H2,2-7H3,(H,35,36)(H,38,39)/t21-,22+,23-,24+,25-,28+,31-,32+,33+,34-/m0/s1. The van der Waals surface area contributed by atoms with Crippen molar-refractivity contribution in [1.82, 2.24) is 0 Å². The molecular formula is C34H52O7. The summed E-state index contributed by atoms with van der Waals surface area (Å²) in [4.78, 5) is 36.2. The number of carboxylic acids is 2. The van der Waals surface area contributed by atoms with Crippen molar-refractivity contribution in [3.8, 4) is 0 Å². The molecule has 0 amide bonds. The Balaban J connectivity index is 1.40. The van der Waals surface area contributed by atoms with Gasteiger partial charge in [0.2, 0.25) is 0 Å². The monoisotopic (exact) mass is 572 g/mol. The molecule has 0 aromatic heterocycles. The van der Waals surface area contributed by atoms with Gasteiger partial charge in [0.25, 0.3) is 0 Å². The van der Waals surface area contributed by atoms with Gasteiger partial charge in [0.15, 0.2) is 0 Å². The van der Waals surface area contributed by atoms with Crippen LogP contribution in [0.25, 0.3) is 0 Å². The third kappa shape index (κ3) is 4.33. The number of allylic oxidation sites excluding steroid dienone is 1. The quantitative estimate of drug-likeness (QED) is 0.257. The summed E-state index contributed by atoms with van der Waals surface area (Å²) in [6.45, 7) is 17.7. The van der Waals surface area contributed by atoms with Gasteiger partial charge in [-0.05, 0) is 117 Å². The van der Waals surface area contributed by atoms with Crippen LogP contribution in [-0.2, 0) is 23.9 Å². The van der Waals surface area contributed by atoms with Gasteiger partial charge < -0.3 is 19.7 Å². The Labute approximate surface area is 245 Å². The molecule has 5 fully saturated rings. The van der Waals surface area contributed by atoms with E-state index in [9.17, 15) is 19.5 Å². The fraction of sp³-hybridized carbons (Fsp3) is 0.853. The van der Waals surface area contributed by atoms with Gasteiger partial charge in [-0.1, -0.05) is 46.8 Å². The Morgan fingerprint density at radius 2 is 1.51 bits per heavy atom. The lowest BCUT2D eigenvalue weighted by Crippen LogP contribution is -2.67. The summed E-state index contributed by atoms with van der Waals surface area (Å²) < 4.78 is 10.9. The van der Waals surface area contributed by atoms with E-state index < -0.39 is 29.9 Å². The highest BCUT2D eigenvalue weighted by molar-refractivity contribution is 5.76. The lowest BCUT2D eigenvalue weighted by atomic mass is 9.32. The molecule has 41 heavy (non-hydrogen) atoms. The largest absolute Gasteiger partial charge is 0.481 e. The van der Waals surface area contributed by atoms with E-state index in [0.717, 1.165) is 69.8 Å². The second-order valence-corrected chi connectivity index (χ2v) is 15.9. The third-order valence-electron chi connectivity index (χ3n) is 14.2. The van der Waals surface area contributed by atoms with E-state index in [2.05, 4.69) is 48.1 Å². The molecule has 10 atom stereocenters. The molecule has 7 nitrogen and oxygen atoms in total. The Hall–Kier alpha value is -1.89. The second kappa shape index (κ2) is 10.1. The molecule has 230 valence electrons. The molecule has 5 rings (SSSR count). The maximum Gasteiger partial charge on any atom is 0.332 e. The van der Waals surface area contributed by atoms with Gasteiger partial charge in [0, 0.05) is 5.41 Å². The molecule has 0 aliphatic heterocycles. The van der Waals surface area contributed by atoms with Crippen LogP contribution in [0, 0.1) is 56.7 Å². The Morgan fingerprint density at radius 3 is 2.15 bits per heavy atom. The normalized spacial score (nSPS) is 46.3. The fourth-order valence-corrected chi connectivity index (χ4v) is 12.1.